The number of nitrogens with zero attached hydrogens (tertiary/aromatic N) is 2. The van der Waals surface area contributed by atoms with Gasteiger partial charge in [0.15, 0.2) is 11.5 Å². The summed E-state index contributed by atoms with van der Waals surface area (Å²) in [4.78, 5) is 16.1. The first-order valence-electron chi connectivity index (χ1n) is 9.12. The molecule has 0 N–H and O–H groups in total. The SMILES string of the molecule is CN(C)C(=O)CN1C[C@@H](c2ccccc2)O[C@@H](c2ccc3c(c2)OCO3)C1. The van der Waals surface area contributed by atoms with Gasteiger partial charge in [-0.25, -0.2) is 0 Å². The smallest absolute Gasteiger partial charge is 0.236 e. The molecule has 2 atom stereocenters. The Kier molecular flexibility index (Phi) is 5.01. The molecule has 1 saturated heterocycles. The van der Waals surface area contributed by atoms with E-state index in [1.54, 1.807) is 19.0 Å². The van der Waals surface area contributed by atoms with Gasteiger partial charge in [-0.05, 0) is 23.3 Å². The van der Waals surface area contributed by atoms with Crippen molar-refractivity contribution in [2.24, 2.45) is 0 Å². The number of carbonyl (C=O) groups excluding carboxylic acids is 1. The number of benzene rings is 2. The highest BCUT2D eigenvalue weighted by Crippen LogP contribution is 2.38. The molecule has 0 aromatic heterocycles. The van der Waals surface area contributed by atoms with Gasteiger partial charge in [0.1, 0.15) is 0 Å². The molecule has 2 aliphatic heterocycles. The number of hydrogen-bond acceptors (Lipinski definition) is 5. The maximum absolute atomic E-state index is 12.3. The molecule has 2 aromatic carbocycles. The van der Waals surface area contributed by atoms with Gasteiger partial charge >= 0.3 is 0 Å². The fourth-order valence-corrected chi connectivity index (χ4v) is 3.44. The lowest BCUT2D eigenvalue weighted by Crippen LogP contribution is -2.45. The first-order chi connectivity index (χ1) is 13.1. The van der Waals surface area contributed by atoms with E-state index in [1.807, 2.05) is 36.4 Å². The third-order valence-electron chi connectivity index (χ3n) is 4.97. The summed E-state index contributed by atoms with van der Waals surface area (Å²) in [5, 5.41) is 0. The zero-order valence-corrected chi connectivity index (χ0v) is 15.6. The van der Waals surface area contributed by atoms with Crippen LogP contribution in [0.15, 0.2) is 48.5 Å². The fraction of sp³-hybridized carbons (Fsp3) is 0.381. The van der Waals surface area contributed by atoms with Crippen LogP contribution in [0.1, 0.15) is 23.3 Å². The molecule has 1 amide bonds. The summed E-state index contributed by atoms with van der Waals surface area (Å²) in [6.07, 6.45) is -0.237. The van der Waals surface area contributed by atoms with E-state index in [9.17, 15) is 4.79 Å². The molecule has 2 aromatic rings. The second kappa shape index (κ2) is 7.58. The Hall–Kier alpha value is -2.57. The number of carbonyl (C=O) groups is 1. The zero-order chi connectivity index (χ0) is 18.8. The van der Waals surface area contributed by atoms with Gasteiger partial charge in [-0.2, -0.15) is 0 Å². The average Bonchev–Trinajstić information content (AvgIpc) is 3.16. The van der Waals surface area contributed by atoms with Crippen LogP contribution in [0.5, 0.6) is 11.5 Å². The Bertz CT molecular complexity index is 809. The predicted molar refractivity (Wildman–Crippen MR) is 101 cm³/mol. The minimum atomic E-state index is -0.145. The molecule has 2 heterocycles. The molecule has 0 bridgehead atoms. The van der Waals surface area contributed by atoms with Crippen LogP contribution in [-0.4, -0.2) is 56.2 Å². The largest absolute Gasteiger partial charge is 0.454 e. The van der Waals surface area contributed by atoms with E-state index in [4.69, 9.17) is 14.2 Å². The topological polar surface area (TPSA) is 51.2 Å². The van der Waals surface area contributed by atoms with Gasteiger partial charge in [0.25, 0.3) is 0 Å². The van der Waals surface area contributed by atoms with Crippen LogP contribution in [0.2, 0.25) is 0 Å². The van der Waals surface area contributed by atoms with Crippen LogP contribution in [0.3, 0.4) is 0 Å². The highest BCUT2D eigenvalue weighted by atomic mass is 16.7. The fourth-order valence-electron chi connectivity index (χ4n) is 3.44. The Labute approximate surface area is 159 Å². The molecule has 1 fully saturated rings. The second-order valence-corrected chi connectivity index (χ2v) is 7.12. The number of morpholine rings is 1. The van der Waals surface area contributed by atoms with Crippen LogP contribution in [0.4, 0.5) is 0 Å². The molecule has 142 valence electrons. The summed E-state index contributed by atoms with van der Waals surface area (Å²) < 4.78 is 17.3. The van der Waals surface area contributed by atoms with Gasteiger partial charge in [-0.15, -0.1) is 0 Å². The third-order valence-corrected chi connectivity index (χ3v) is 4.97. The normalized spacial score (nSPS) is 21.9. The van der Waals surface area contributed by atoms with Crippen LogP contribution >= 0.6 is 0 Å². The summed E-state index contributed by atoms with van der Waals surface area (Å²) in [5.41, 5.74) is 2.15. The van der Waals surface area contributed by atoms with E-state index in [-0.39, 0.29) is 24.9 Å². The van der Waals surface area contributed by atoms with Gasteiger partial charge in [0.05, 0.1) is 18.8 Å². The molecule has 6 nitrogen and oxygen atoms in total. The Morgan fingerprint density at radius 2 is 1.70 bits per heavy atom. The van der Waals surface area contributed by atoms with Gasteiger partial charge in [-0.1, -0.05) is 36.4 Å². The van der Waals surface area contributed by atoms with Crippen LogP contribution in [-0.2, 0) is 9.53 Å². The summed E-state index contributed by atoms with van der Waals surface area (Å²) in [6.45, 7) is 1.97. The monoisotopic (exact) mass is 368 g/mol. The summed E-state index contributed by atoms with van der Waals surface area (Å²) in [6, 6.07) is 16.1. The molecule has 0 radical (unpaired) electrons. The molecule has 0 unspecified atom stereocenters. The molecule has 4 rings (SSSR count). The molecule has 0 aliphatic carbocycles. The maximum atomic E-state index is 12.3. The third kappa shape index (κ3) is 3.91. The van der Waals surface area contributed by atoms with E-state index in [0.29, 0.717) is 19.6 Å². The van der Waals surface area contributed by atoms with Crippen LogP contribution in [0.25, 0.3) is 0 Å². The molecular weight excluding hydrogens is 344 g/mol. The van der Waals surface area contributed by atoms with Gasteiger partial charge < -0.3 is 19.1 Å². The summed E-state index contributed by atoms with van der Waals surface area (Å²) in [5.74, 6) is 1.59. The summed E-state index contributed by atoms with van der Waals surface area (Å²) >= 11 is 0. The standard InChI is InChI=1S/C21H24N2O4/c1-22(2)21(24)13-23-11-19(15-6-4-3-5-7-15)27-20(12-23)16-8-9-17-18(10-16)26-14-25-17/h3-10,19-20H,11-14H2,1-2H3/t19-,20+/m0/s1. The minimum absolute atomic E-state index is 0.0909. The van der Waals surface area contributed by atoms with E-state index in [1.165, 1.54) is 0 Å². The van der Waals surface area contributed by atoms with Crippen molar-refractivity contribution in [1.29, 1.82) is 0 Å². The van der Waals surface area contributed by atoms with Gasteiger partial charge in [0, 0.05) is 27.2 Å². The maximum Gasteiger partial charge on any atom is 0.236 e. The van der Waals surface area contributed by atoms with Crippen LogP contribution < -0.4 is 9.47 Å². The number of likely N-dealkylation sites (N-methyl/N-ethyl adjacent to an activating group) is 1. The van der Waals surface area contributed by atoms with E-state index < -0.39 is 0 Å². The zero-order valence-electron chi connectivity index (χ0n) is 15.6. The molecule has 0 spiro atoms. The number of ether oxygens (including phenoxy) is 3. The lowest BCUT2D eigenvalue weighted by Gasteiger charge is -2.38. The quantitative estimate of drug-likeness (QED) is 0.830. The minimum Gasteiger partial charge on any atom is -0.454 e. The van der Waals surface area contributed by atoms with Crippen molar-refractivity contribution < 1.29 is 19.0 Å². The first-order valence-corrected chi connectivity index (χ1v) is 9.12. The van der Waals surface area contributed by atoms with Crippen molar-refractivity contribution in [2.45, 2.75) is 12.2 Å². The second-order valence-electron chi connectivity index (χ2n) is 7.12. The first kappa shape index (κ1) is 17.8. The highest BCUT2D eigenvalue weighted by Gasteiger charge is 2.31. The predicted octanol–water partition coefficient (Wildman–Crippen LogP) is 2.62. The van der Waals surface area contributed by atoms with Crippen molar-refractivity contribution in [3.8, 4) is 11.5 Å². The molecule has 27 heavy (non-hydrogen) atoms. The number of fused-ring (bicyclic) bond motifs is 1. The van der Waals surface area contributed by atoms with E-state index in [2.05, 4.69) is 17.0 Å². The Morgan fingerprint density at radius 1 is 1.00 bits per heavy atom. The lowest BCUT2D eigenvalue weighted by molar-refractivity contribution is -0.135. The summed E-state index contributed by atoms with van der Waals surface area (Å²) in [7, 11) is 3.57. The molecule has 6 heteroatoms. The van der Waals surface area contributed by atoms with Crippen molar-refractivity contribution >= 4 is 5.91 Å². The van der Waals surface area contributed by atoms with Gasteiger partial charge in [-0.3, -0.25) is 9.69 Å². The van der Waals surface area contributed by atoms with E-state index >= 15 is 0 Å². The van der Waals surface area contributed by atoms with Crippen molar-refractivity contribution in [3.63, 3.8) is 0 Å². The lowest BCUT2D eigenvalue weighted by atomic mass is 10.0. The number of hydrogen-bond donors (Lipinski definition) is 0. The van der Waals surface area contributed by atoms with Gasteiger partial charge in [0.2, 0.25) is 12.7 Å². The average molecular weight is 368 g/mol. The number of amides is 1. The molecule has 0 saturated carbocycles. The van der Waals surface area contributed by atoms with Crippen molar-refractivity contribution in [2.75, 3.05) is 40.5 Å². The highest BCUT2D eigenvalue weighted by molar-refractivity contribution is 5.77. The number of rotatable bonds is 4. The van der Waals surface area contributed by atoms with E-state index in [0.717, 1.165) is 22.6 Å². The van der Waals surface area contributed by atoms with Crippen LogP contribution in [0, 0.1) is 0 Å². The van der Waals surface area contributed by atoms with Crippen molar-refractivity contribution in [1.82, 2.24) is 9.80 Å². The molecule has 2 aliphatic rings. The molecular formula is C21H24N2O4. The van der Waals surface area contributed by atoms with Crippen molar-refractivity contribution in [3.05, 3.63) is 59.7 Å². The Balaban J connectivity index is 1.59. The Morgan fingerprint density at radius 3 is 2.44 bits per heavy atom.